The van der Waals surface area contributed by atoms with Gasteiger partial charge in [-0.2, -0.15) is 0 Å². The Morgan fingerprint density at radius 1 is 1.44 bits per heavy atom. The van der Waals surface area contributed by atoms with Crippen molar-refractivity contribution in [3.05, 3.63) is 28.2 Å². The Balaban J connectivity index is 2.08. The summed E-state index contributed by atoms with van der Waals surface area (Å²) >= 11 is 3.62. The fourth-order valence-electron chi connectivity index (χ4n) is 2.34. The van der Waals surface area contributed by atoms with Crippen LogP contribution in [0.15, 0.2) is 22.7 Å². The smallest absolute Gasteiger partial charge is 0.124 e. The lowest BCUT2D eigenvalue weighted by Gasteiger charge is -2.19. The summed E-state index contributed by atoms with van der Waals surface area (Å²) in [5, 5.41) is 0. The van der Waals surface area contributed by atoms with Gasteiger partial charge in [0.05, 0.1) is 12.7 Å². The predicted molar refractivity (Wildman–Crippen MR) is 76.0 cm³/mol. The van der Waals surface area contributed by atoms with Crippen LogP contribution in [-0.2, 0) is 11.3 Å². The van der Waals surface area contributed by atoms with Gasteiger partial charge in [0.15, 0.2) is 0 Å². The van der Waals surface area contributed by atoms with E-state index in [0.29, 0.717) is 12.7 Å². The highest BCUT2D eigenvalue weighted by Gasteiger charge is 2.23. The van der Waals surface area contributed by atoms with Crippen LogP contribution in [-0.4, -0.2) is 37.8 Å². The molecular formula is C14H20BrNO2. The van der Waals surface area contributed by atoms with Gasteiger partial charge in [-0.1, -0.05) is 22.0 Å². The van der Waals surface area contributed by atoms with Gasteiger partial charge in [0.1, 0.15) is 5.75 Å². The van der Waals surface area contributed by atoms with E-state index in [0.717, 1.165) is 36.3 Å². The van der Waals surface area contributed by atoms with Crippen LogP contribution in [0.25, 0.3) is 0 Å². The molecule has 2 rings (SSSR count). The zero-order valence-corrected chi connectivity index (χ0v) is 12.6. The summed E-state index contributed by atoms with van der Waals surface area (Å²) in [6.07, 6.45) is 1.49. The topological polar surface area (TPSA) is 21.7 Å². The minimum atomic E-state index is 0.378. The first kappa shape index (κ1) is 13.8. The van der Waals surface area contributed by atoms with E-state index in [1.807, 2.05) is 19.1 Å². The normalized spacial score (nSPS) is 20.3. The molecule has 0 N–H and O–H groups in total. The Morgan fingerprint density at radius 2 is 2.28 bits per heavy atom. The lowest BCUT2D eigenvalue weighted by molar-refractivity contribution is 0.107. The molecule has 0 aromatic heterocycles. The Hall–Kier alpha value is -0.580. The zero-order chi connectivity index (χ0) is 13.0. The third-order valence-electron chi connectivity index (χ3n) is 3.32. The second-order valence-electron chi connectivity index (χ2n) is 4.53. The van der Waals surface area contributed by atoms with E-state index in [9.17, 15) is 0 Å². The molecule has 1 heterocycles. The standard InChI is InChI=1S/C14H20BrNO2/c1-3-18-14-6-4-5-13(15)12(14)10-16-8-7-11(9-16)17-2/h4-6,11H,3,7-10H2,1-2H3/t11-/m0/s1. The van der Waals surface area contributed by atoms with Gasteiger partial charge in [-0.25, -0.2) is 0 Å². The molecule has 0 saturated carbocycles. The van der Waals surface area contributed by atoms with Gasteiger partial charge >= 0.3 is 0 Å². The monoisotopic (exact) mass is 313 g/mol. The van der Waals surface area contributed by atoms with Gasteiger partial charge in [0.2, 0.25) is 0 Å². The predicted octanol–water partition coefficient (Wildman–Crippen LogP) is 3.07. The highest BCUT2D eigenvalue weighted by molar-refractivity contribution is 9.10. The minimum absolute atomic E-state index is 0.378. The molecule has 0 radical (unpaired) electrons. The molecule has 1 aliphatic heterocycles. The maximum Gasteiger partial charge on any atom is 0.124 e. The van der Waals surface area contributed by atoms with Crippen molar-refractivity contribution in [1.82, 2.24) is 4.90 Å². The lowest BCUT2D eigenvalue weighted by atomic mass is 10.2. The first-order valence-corrected chi connectivity index (χ1v) is 7.19. The number of rotatable bonds is 5. The van der Waals surface area contributed by atoms with Gasteiger partial charge in [0.25, 0.3) is 0 Å². The third kappa shape index (κ3) is 3.25. The molecule has 4 heteroatoms. The van der Waals surface area contributed by atoms with E-state index < -0.39 is 0 Å². The summed E-state index contributed by atoms with van der Waals surface area (Å²) in [6.45, 7) is 5.72. The van der Waals surface area contributed by atoms with Crippen molar-refractivity contribution in [1.29, 1.82) is 0 Å². The van der Waals surface area contributed by atoms with E-state index in [1.54, 1.807) is 7.11 Å². The Labute approximate surface area is 117 Å². The minimum Gasteiger partial charge on any atom is -0.494 e. The molecule has 0 spiro atoms. The fraction of sp³-hybridized carbons (Fsp3) is 0.571. The summed E-state index contributed by atoms with van der Waals surface area (Å²) in [6, 6.07) is 6.12. The number of nitrogens with zero attached hydrogens (tertiary/aromatic N) is 1. The second-order valence-corrected chi connectivity index (χ2v) is 5.39. The van der Waals surface area contributed by atoms with Crippen LogP contribution in [0.5, 0.6) is 5.75 Å². The average molecular weight is 314 g/mol. The van der Waals surface area contributed by atoms with Crippen LogP contribution in [0.4, 0.5) is 0 Å². The Bertz CT molecular complexity index is 397. The number of ether oxygens (including phenoxy) is 2. The van der Waals surface area contributed by atoms with Crippen LogP contribution in [0, 0.1) is 0 Å². The van der Waals surface area contributed by atoms with E-state index >= 15 is 0 Å². The van der Waals surface area contributed by atoms with Crippen LogP contribution in [0.3, 0.4) is 0 Å². The molecule has 1 atom stereocenters. The van der Waals surface area contributed by atoms with Gasteiger partial charge < -0.3 is 9.47 Å². The molecule has 0 amide bonds. The van der Waals surface area contributed by atoms with Gasteiger partial charge in [-0.05, 0) is 25.5 Å². The number of benzene rings is 1. The summed E-state index contributed by atoms with van der Waals surface area (Å²) in [5.41, 5.74) is 1.23. The molecule has 3 nitrogen and oxygen atoms in total. The molecule has 0 bridgehead atoms. The molecular weight excluding hydrogens is 294 g/mol. The van der Waals surface area contributed by atoms with E-state index in [4.69, 9.17) is 9.47 Å². The summed E-state index contributed by atoms with van der Waals surface area (Å²) in [5.74, 6) is 0.979. The quantitative estimate of drug-likeness (QED) is 0.834. The Morgan fingerprint density at radius 3 is 2.94 bits per heavy atom. The molecule has 1 aliphatic rings. The van der Waals surface area contributed by atoms with Gasteiger partial charge in [-0.15, -0.1) is 0 Å². The maximum atomic E-state index is 5.69. The highest BCUT2D eigenvalue weighted by Crippen LogP contribution is 2.29. The van der Waals surface area contributed by atoms with Gasteiger partial charge in [-0.3, -0.25) is 4.90 Å². The van der Waals surface area contributed by atoms with Crippen molar-refractivity contribution >= 4 is 15.9 Å². The Kier molecular flexibility index (Phi) is 5.03. The van der Waals surface area contributed by atoms with Crippen molar-refractivity contribution in [2.75, 3.05) is 26.8 Å². The number of methoxy groups -OCH3 is 1. The first-order chi connectivity index (χ1) is 8.74. The highest BCUT2D eigenvalue weighted by atomic mass is 79.9. The van der Waals surface area contributed by atoms with Crippen molar-refractivity contribution < 1.29 is 9.47 Å². The molecule has 1 saturated heterocycles. The fourth-order valence-corrected chi connectivity index (χ4v) is 2.81. The van der Waals surface area contributed by atoms with Crippen molar-refractivity contribution in [3.8, 4) is 5.75 Å². The molecule has 0 unspecified atom stereocenters. The van der Waals surface area contributed by atoms with Crippen molar-refractivity contribution in [3.63, 3.8) is 0 Å². The second kappa shape index (κ2) is 6.55. The number of halogens is 1. The molecule has 1 fully saturated rings. The first-order valence-electron chi connectivity index (χ1n) is 6.40. The van der Waals surface area contributed by atoms with Crippen molar-refractivity contribution in [2.24, 2.45) is 0 Å². The van der Waals surface area contributed by atoms with Crippen LogP contribution in [0.2, 0.25) is 0 Å². The lowest BCUT2D eigenvalue weighted by Crippen LogP contribution is -2.23. The zero-order valence-electron chi connectivity index (χ0n) is 11.0. The molecule has 18 heavy (non-hydrogen) atoms. The number of hydrogen-bond donors (Lipinski definition) is 0. The number of hydrogen-bond acceptors (Lipinski definition) is 3. The molecule has 1 aromatic carbocycles. The molecule has 1 aromatic rings. The van der Waals surface area contributed by atoms with E-state index in [-0.39, 0.29) is 0 Å². The van der Waals surface area contributed by atoms with Crippen LogP contribution < -0.4 is 4.74 Å². The van der Waals surface area contributed by atoms with Gasteiger partial charge in [0, 0.05) is 36.8 Å². The van der Waals surface area contributed by atoms with Crippen molar-refractivity contribution in [2.45, 2.75) is 26.0 Å². The summed E-state index contributed by atoms with van der Waals surface area (Å²) < 4.78 is 12.2. The number of likely N-dealkylation sites (tertiary alicyclic amines) is 1. The SMILES string of the molecule is CCOc1cccc(Br)c1CN1CC[C@H](OC)C1. The molecule has 0 aliphatic carbocycles. The van der Waals surface area contributed by atoms with Crippen LogP contribution in [0.1, 0.15) is 18.9 Å². The maximum absolute atomic E-state index is 5.69. The summed E-state index contributed by atoms with van der Waals surface area (Å²) in [4.78, 5) is 2.41. The van der Waals surface area contributed by atoms with E-state index in [2.05, 4.69) is 26.9 Å². The third-order valence-corrected chi connectivity index (χ3v) is 4.06. The largest absolute Gasteiger partial charge is 0.494 e. The van der Waals surface area contributed by atoms with Crippen LogP contribution >= 0.6 is 15.9 Å². The molecule has 100 valence electrons. The van der Waals surface area contributed by atoms with E-state index in [1.165, 1.54) is 5.56 Å². The average Bonchev–Trinajstić information content (AvgIpc) is 2.82. The summed E-state index contributed by atoms with van der Waals surface area (Å²) in [7, 11) is 1.79.